The van der Waals surface area contributed by atoms with E-state index in [0.717, 1.165) is 37.1 Å². The van der Waals surface area contributed by atoms with E-state index in [0.29, 0.717) is 18.5 Å². The summed E-state index contributed by atoms with van der Waals surface area (Å²) in [6.07, 6.45) is 4.78. The molecule has 3 fully saturated rings. The van der Waals surface area contributed by atoms with E-state index < -0.39 is 5.60 Å². The second-order valence-electron chi connectivity index (χ2n) is 8.61. The molecule has 156 valence electrons. The number of benzene rings is 1. The number of nitrogens with zero attached hydrogens (tertiary/aromatic N) is 5. The Labute approximate surface area is 180 Å². The van der Waals surface area contributed by atoms with Crippen molar-refractivity contribution in [1.82, 2.24) is 14.5 Å². The fourth-order valence-electron chi connectivity index (χ4n) is 5.51. The van der Waals surface area contributed by atoms with Gasteiger partial charge in [-0.05, 0) is 36.6 Å². The first-order valence-corrected chi connectivity index (χ1v) is 10.9. The Kier molecular flexibility index (Phi) is 4.05. The minimum atomic E-state index is -0.711. The normalized spacial score (nSPS) is 24.7. The van der Waals surface area contributed by atoms with Crippen molar-refractivity contribution in [3.05, 3.63) is 66.0 Å². The van der Waals surface area contributed by atoms with Crippen LogP contribution in [0.3, 0.4) is 0 Å². The van der Waals surface area contributed by atoms with E-state index in [4.69, 9.17) is 4.74 Å². The molecule has 0 saturated carbocycles. The molecule has 3 aromatic rings. The Balaban J connectivity index is 1.24. The van der Waals surface area contributed by atoms with Crippen LogP contribution in [0, 0.1) is 11.3 Å². The Morgan fingerprint density at radius 1 is 1.06 bits per heavy atom. The molecule has 1 spiro atoms. The van der Waals surface area contributed by atoms with Gasteiger partial charge in [0.05, 0.1) is 23.4 Å². The second kappa shape index (κ2) is 6.82. The van der Waals surface area contributed by atoms with Gasteiger partial charge in [-0.2, -0.15) is 10.4 Å². The van der Waals surface area contributed by atoms with Crippen LogP contribution in [0.25, 0.3) is 5.52 Å². The number of pyridine rings is 1. The fraction of sp³-hybridized carbons (Fsp3) is 0.375. The number of fused-ring (bicyclic) bond motifs is 2. The second-order valence-corrected chi connectivity index (χ2v) is 8.61. The number of carbonyl (C=O) groups is 1. The molecule has 0 radical (unpaired) electrons. The van der Waals surface area contributed by atoms with Gasteiger partial charge in [-0.1, -0.05) is 30.3 Å². The summed E-state index contributed by atoms with van der Waals surface area (Å²) in [5.41, 5.74) is 2.95. The highest BCUT2D eigenvalue weighted by Gasteiger charge is 2.57. The number of hydrogen-bond donors (Lipinski definition) is 0. The van der Waals surface area contributed by atoms with Crippen LogP contribution in [0.2, 0.25) is 0 Å². The number of ether oxygens (including phenoxy) is 1. The highest BCUT2D eigenvalue weighted by Crippen LogP contribution is 2.48. The summed E-state index contributed by atoms with van der Waals surface area (Å²) >= 11 is 0. The van der Waals surface area contributed by atoms with Gasteiger partial charge in [0.1, 0.15) is 18.0 Å². The molecule has 0 N–H and O–H groups in total. The molecule has 1 aromatic carbocycles. The summed E-state index contributed by atoms with van der Waals surface area (Å²) in [5, 5.41) is 13.6. The molecule has 6 rings (SSSR count). The van der Waals surface area contributed by atoms with Crippen molar-refractivity contribution in [2.45, 2.75) is 43.6 Å². The molecule has 2 atom stereocenters. The predicted octanol–water partition coefficient (Wildman–Crippen LogP) is 3.26. The van der Waals surface area contributed by atoms with Gasteiger partial charge in [0.25, 0.3) is 5.91 Å². The zero-order valence-electron chi connectivity index (χ0n) is 17.1. The van der Waals surface area contributed by atoms with Crippen molar-refractivity contribution < 1.29 is 9.53 Å². The monoisotopic (exact) mass is 413 g/mol. The average Bonchev–Trinajstić information content (AvgIpc) is 3.52. The Hall–Kier alpha value is -3.37. The number of carbonyl (C=O) groups excluding carboxylic acids is 1. The van der Waals surface area contributed by atoms with Crippen molar-refractivity contribution >= 4 is 17.1 Å². The quantitative estimate of drug-likeness (QED) is 0.645. The van der Waals surface area contributed by atoms with E-state index in [9.17, 15) is 10.1 Å². The minimum Gasteiger partial charge on any atom is -0.370 e. The van der Waals surface area contributed by atoms with Crippen molar-refractivity contribution in [1.29, 1.82) is 5.26 Å². The zero-order valence-corrected chi connectivity index (χ0v) is 17.1. The largest absolute Gasteiger partial charge is 0.370 e. The summed E-state index contributed by atoms with van der Waals surface area (Å²) in [7, 11) is 0. The van der Waals surface area contributed by atoms with Crippen LogP contribution >= 0.6 is 0 Å². The molecule has 2 aromatic heterocycles. The zero-order chi connectivity index (χ0) is 21.0. The molecule has 0 aliphatic carbocycles. The number of anilines is 1. The molecule has 5 heterocycles. The lowest BCUT2D eigenvalue weighted by atomic mass is 9.89. The summed E-state index contributed by atoms with van der Waals surface area (Å²) in [4.78, 5) is 17.9. The van der Waals surface area contributed by atoms with Crippen molar-refractivity contribution in [3.63, 3.8) is 0 Å². The predicted molar refractivity (Wildman–Crippen MR) is 114 cm³/mol. The topological polar surface area (TPSA) is 73.9 Å². The summed E-state index contributed by atoms with van der Waals surface area (Å²) in [5.74, 6) is 0.151. The van der Waals surface area contributed by atoms with Gasteiger partial charge < -0.3 is 14.5 Å². The SMILES string of the molecule is N#Cc1ccc(N2CCC3(CC2)O[C@@H]2CC[C@@H](c4ccccc4)N2C3=O)c2ccnn12. The van der Waals surface area contributed by atoms with E-state index in [-0.39, 0.29) is 18.2 Å². The molecule has 7 nitrogen and oxygen atoms in total. The molecular formula is C24H23N5O2. The summed E-state index contributed by atoms with van der Waals surface area (Å²) in [6, 6.07) is 18.3. The molecule has 3 aliphatic heterocycles. The van der Waals surface area contributed by atoms with Crippen LogP contribution in [0.1, 0.15) is 43.0 Å². The van der Waals surface area contributed by atoms with Gasteiger partial charge in [0, 0.05) is 25.9 Å². The number of aromatic nitrogens is 2. The lowest BCUT2D eigenvalue weighted by molar-refractivity contribution is -0.140. The first-order valence-electron chi connectivity index (χ1n) is 10.9. The highest BCUT2D eigenvalue weighted by atomic mass is 16.6. The van der Waals surface area contributed by atoms with Crippen LogP contribution < -0.4 is 4.90 Å². The molecule has 0 unspecified atom stereocenters. The van der Waals surface area contributed by atoms with E-state index >= 15 is 0 Å². The maximum absolute atomic E-state index is 13.6. The molecule has 1 amide bonds. The lowest BCUT2D eigenvalue weighted by Crippen LogP contribution is -2.50. The van der Waals surface area contributed by atoms with E-state index in [2.05, 4.69) is 28.2 Å². The number of rotatable bonds is 2. The van der Waals surface area contributed by atoms with Gasteiger partial charge in [-0.15, -0.1) is 0 Å². The summed E-state index contributed by atoms with van der Waals surface area (Å²) < 4.78 is 8.14. The fourth-order valence-corrected chi connectivity index (χ4v) is 5.51. The molecule has 3 aliphatic rings. The van der Waals surface area contributed by atoms with Crippen molar-refractivity contribution in [3.8, 4) is 6.07 Å². The molecule has 3 saturated heterocycles. The van der Waals surface area contributed by atoms with Gasteiger partial charge in [-0.25, -0.2) is 4.52 Å². The third-order valence-electron chi connectivity index (χ3n) is 7.06. The van der Waals surface area contributed by atoms with Crippen molar-refractivity contribution in [2.75, 3.05) is 18.0 Å². The van der Waals surface area contributed by atoms with Crippen LogP contribution in [-0.4, -0.2) is 45.3 Å². The highest BCUT2D eigenvalue weighted by molar-refractivity contribution is 5.88. The lowest BCUT2D eigenvalue weighted by Gasteiger charge is -2.38. The number of nitriles is 1. The Morgan fingerprint density at radius 2 is 1.87 bits per heavy atom. The Bertz CT molecular complexity index is 1190. The van der Waals surface area contributed by atoms with Crippen LogP contribution in [-0.2, 0) is 9.53 Å². The maximum atomic E-state index is 13.6. The van der Waals surface area contributed by atoms with Crippen molar-refractivity contribution in [2.24, 2.45) is 0 Å². The van der Waals surface area contributed by atoms with E-state index in [1.165, 1.54) is 5.56 Å². The Morgan fingerprint density at radius 3 is 2.65 bits per heavy atom. The first-order chi connectivity index (χ1) is 15.2. The molecular weight excluding hydrogens is 390 g/mol. The molecule has 7 heteroatoms. The maximum Gasteiger partial charge on any atom is 0.257 e. The van der Waals surface area contributed by atoms with Gasteiger partial charge in [0.2, 0.25) is 0 Å². The molecule has 0 bridgehead atoms. The van der Waals surface area contributed by atoms with Gasteiger partial charge in [-0.3, -0.25) is 4.79 Å². The molecule has 31 heavy (non-hydrogen) atoms. The number of piperidine rings is 1. The third kappa shape index (κ3) is 2.68. The average molecular weight is 413 g/mol. The number of hydrogen-bond acceptors (Lipinski definition) is 5. The first kappa shape index (κ1) is 18.4. The van der Waals surface area contributed by atoms with Gasteiger partial charge in [0.15, 0.2) is 5.60 Å². The van der Waals surface area contributed by atoms with Crippen LogP contribution in [0.4, 0.5) is 5.69 Å². The number of amides is 1. The van der Waals surface area contributed by atoms with E-state index in [1.807, 2.05) is 35.2 Å². The van der Waals surface area contributed by atoms with E-state index in [1.54, 1.807) is 16.8 Å². The smallest absolute Gasteiger partial charge is 0.257 e. The standard InChI is InChI=1S/C24H23N5O2/c25-16-18-6-7-20(21-10-13-26-29(18)21)27-14-11-24(12-15-27)23(30)28-19(8-9-22(28)31-24)17-4-2-1-3-5-17/h1-7,10,13,19,22H,8-9,11-12,14-15H2/t19-,22+/m0/s1. The van der Waals surface area contributed by atoms with Crippen LogP contribution in [0.15, 0.2) is 54.7 Å². The minimum absolute atomic E-state index is 0.110. The third-order valence-corrected chi connectivity index (χ3v) is 7.06. The van der Waals surface area contributed by atoms with Gasteiger partial charge >= 0.3 is 0 Å². The summed E-state index contributed by atoms with van der Waals surface area (Å²) in [6.45, 7) is 1.46. The van der Waals surface area contributed by atoms with Crippen LogP contribution in [0.5, 0.6) is 0 Å².